The molecule has 0 spiro atoms. The first-order valence-electron chi connectivity index (χ1n) is 8.04. The molecule has 0 aromatic carbocycles. The fraction of sp³-hybridized carbons (Fsp3) is 0.875. The molecule has 0 radical (unpaired) electrons. The van der Waals surface area contributed by atoms with Gasteiger partial charge in [-0.1, -0.05) is 33.6 Å². The van der Waals surface area contributed by atoms with Gasteiger partial charge in [-0.25, -0.2) is 0 Å². The number of carbonyl (C=O) groups excluding carboxylic acids is 2. The van der Waals surface area contributed by atoms with Crippen LogP contribution >= 0.6 is 0 Å². The molecule has 20 heavy (non-hydrogen) atoms. The molecule has 1 saturated heterocycles. The van der Waals surface area contributed by atoms with Crippen LogP contribution in [0.15, 0.2) is 0 Å². The Bertz CT molecular complexity index is 373. The fourth-order valence-electron chi connectivity index (χ4n) is 4.08. The third-order valence-electron chi connectivity index (χ3n) is 4.81. The van der Waals surface area contributed by atoms with Crippen LogP contribution in [-0.2, 0) is 9.59 Å². The normalized spacial score (nSPS) is 26.2. The number of nitrogens with one attached hydrogen (secondary N) is 1. The lowest BCUT2D eigenvalue weighted by molar-refractivity contribution is -0.147. The Balaban J connectivity index is 2.15. The molecule has 1 aliphatic carbocycles. The van der Waals surface area contributed by atoms with Crippen molar-refractivity contribution in [3.63, 3.8) is 0 Å². The van der Waals surface area contributed by atoms with Crippen molar-refractivity contribution in [2.45, 2.75) is 65.3 Å². The second-order valence-electron chi connectivity index (χ2n) is 6.97. The van der Waals surface area contributed by atoms with Crippen LogP contribution in [0.5, 0.6) is 0 Å². The summed E-state index contributed by atoms with van der Waals surface area (Å²) in [5.41, 5.74) is 0.245. The van der Waals surface area contributed by atoms with Gasteiger partial charge in [0.05, 0.1) is 6.54 Å². The summed E-state index contributed by atoms with van der Waals surface area (Å²) in [4.78, 5) is 26.1. The maximum absolute atomic E-state index is 12.2. The summed E-state index contributed by atoms with van der Waals surface area (Å²) < 4.78 is 0. The number of nitrogens with zero attached hydrogens (tertiary/aromatic N) is 1. The van der Waals surface area contributed by atoms with Crippen LogP contribution in [0.1, 0.15) is 59.3 Å². The topological polar surface area (TPSA) is 49.4 Å². The van der Waals surface area contributed by atoms with E-state index in [4.69, 9.17) is 0 Å². The average Bonchev–Trinajstić information content (AvgIpc) is 2.82. The second kappa shape index (κ2) is 6.15. The van der Waals surface area contributed by atoms with Crippen LogP contribution in [0.25, 0.3) is 0 Å². The number of amides is 2. The zero-order valence-corrected chi connectivity index (χ0v) is 13.1. The predicted octanol–water partition coefficient (Wildman–Crippen LogP) is 2.33. The van der Waals surface area contributed by atoms with Gasteiger partial charge in [-0.3, -0.25) is 9.59 Å². The van der Waals surface area contributed by atoms with E-state index in [-0.39, 0.29) is 29.8 Å². The van der Waals surface area contributed by atoms with E-state index in [1.54, 1.807) is 0 Å². The van der Waals surface area contributed by atoms with Gasteiger partial charge in [0.15, 0.2) is 0 Å². The third kappa shape index (κ3) is 3.15. The van der Waals surface area contributed by atoms with E-state index >= 15 is 0 Å². The van der Waals surface area contributed by atoms with Crippen LogP contribution in [0.3, 0.4) is 0 Å². The first-order chi connectivity index (χ1) is 9.47. The molecule has 1 unspecified atom stereocenters. The lowest BCUT2D eigenvalue weighted by atomic mass is 9.77. The highest BCUT2D eigenvalue weighted by atomic mass is 16.2. The van der Waals surface area contributed by atoms with Crippen LogP contribution in [-0.4, -0.2) is 35.8 Å². The Hall–Kier alpha value is -1.06. The molecule has 1 N–H and O–H groups in total. The van der Waals surface area contributed by atoms with E-state index in [9.17, 15) is 9.59 Å². The van der Waals surface area contributed by atoms with Gasteiger partial charge in [0.1, 0.15) is 6.04 Å². The highest BCUT2D eigenvalue weighted by molar-refractivity contribution is 5.94. The predicted molar refractivity (Wildman–Crippen MR) is 79.2 cm³/mol. The quantitative estimate of drug-likeness (QED) is 0.840. The number of hydrogen-bond donors (Lipinski definition) is 1. The minimum Gasteiger partial charge on any atom is -0.345 e. The van der Waals surface area contributed by atoms with E-state index in [1.165, 1.54) is 25.7 Å². The molecule has 1 heterocycles. The van der Waals surface area contributed by atoms with Gasteiger partial charge in [-0.2, -0.15) is 0 Å². The molecule has 2 aliphatic rings. The third-order valence-corrected chi connectivity index (χ3v) is 4.81. The van der Waals surface area contributed by atoms with Gasteiger partial charge in [0.2, 0.25) is 11.8 Å². The molecule has 0 aromatic heterocycles. The van der Waals surface area contributed by atoms with E-state index in [0.717, 1.165) is 13.0 Å². The zero-order valence-electron chi connectivity index (χ0n) is 13.1. The second-order valence-corrected chi connectivity index (χ2v) is 6.97. The van der Waals surface area contributed by atoms with Crippen LogP contribution < -0.4 is 5.32 Å². The summed E-state index contributed by atoms with van der Waals surface area (Å²) in [6, 6.07) is -0.263. The monoisotopic (exact) mass is 280 g/mol. The van der Waals surface area contributed by atoms with E-state index in [2.05, 4.69) is 19.2 Å². The number of carbonyl (C=O) groups is 2. The van der Waals surface area contributed by atoms with Crippen molar-refractivity contribution in [1.82, 2.24) is 10.2 Å². The lowest BCUT2D eigenvalue weighted by Crippen LogP contribution is -2.60. The van der Waals surface area contributed by atoms with E-state index < -0.39 is 0 Å². The van der Waals surface area contributed by atoms with Gasteiger partial charge < -0.3 is 10.2 Å². The van der Waals surface area contributed by atoms with Gasteiger partial charge in [0, 0.05) is 6.54 Å². The Morgan fingerprint density at radius 3 is 2.50 bits per heavy atom. The summed E-state index contributed by atoms with van der Waals surface area (Å²) >= 11 is 0. The van der Waals surface area contributed by atoms with Gasteiger partial charge in [-0.15, -0.1) is 0 Å². The standard InChI is InChI=1S/C16H28N2O2/c1-4-13-15(20)17-10-14(19)18(13)11-16(9-12(2)3)7-5-6-8-16/h12-13H,4-11H2,1-3H3,(H,17,20). The van der Waals surface area contributed by atoms with E-state index in [0.29, 0.717) is 12.3 Å². The summed E-state index contributed by atoms with van der Waals surface area (Å²) in [6.45, 7) is 7.44. The zero-order chi connectivity index (χ0) is 14.8. The fourth-order valence-corrected chi connectivity index (χ4v) is 4.08. The summed E-state index contributed by atoms with van der Waals surface area (Å²) in [7, 11) is 0. The Kier molecular flexibility index (Phi) is 4.71. The Morgan fingerprint density at radius 2 is 1.95 bits per heavy atom. The highest BCUT2D eigenvalue weighted by Gasteiger charge is 2.41. The van der Waals surface area contributed by atoms with Crippen molar-refractivity contribution in [3.8, 4) is 0 Å². The average molecular weight is 280 g/mol. The molecule has 4 heteroatoms. The van der Waals surface area contributed by atoms with Gasteiger partial charge in [-0.05, 0) is 37.0 Å². The van der Waals surface area contributed by atoms with Gasteiger partial charge >= 0.3 is 0 Å². The molecule has 1 saturated carbocycles. The van der Waals surface area contributed by atoms with Gasteiger partial charge in [0.25, 0.3) is 0 Å². The number of piperazine rings is 1. The van der Waals surface area contributed by atoms with Crippen molar-refractivity contribution < 1.29 is 9.59 Å². The maximum Gasteiger partial charge on any atom is 0.243 e. The van der Waals surface area contributed by atoms with Crippen molar-refractivity contribution in [2.75, 3.05) is 13.1 Å². The van der Waals surface area contributed by atoms with Crippen molar-refractivity contribution >= 4 is 11.8 Å². The lowest BCUT2D eigenvalue weighted by Gasteiger charge is -2.42. The van der Waals surface area contributed by atoms with Crippen molar-refractivity contribution in [2.24, 2.45) is 11.3 Å². The molecule has 1 aliphatic heterocycles. The maximum atomic E-state index is 12.2. The molecular formula is C16H28N2O2. The highest BCUT2D eigenvalue weighted by Crippen LogP contribution is 2.44. The van der Waals surface area contributed by atoms with Crippen LogP contribution in [0, 0.1) is 11.3 Å². The van der Waals surface area contributed by atoms with Crippen molar-refractivity contribution in [1.29, 1.82) is 0 Å². The molecule has 0 aromatic rings. The minimum atomic E-state index is -0.263. The molecule has 114 valence electrons. The van der Waals surface area contributed by atoms with E-state index in [1.807, 2.05) is 11.8 Å². The number of hydrogen-bond acceptors (Lipinski definition) is 2. The minimum absolute atomic E-state index is 0.0183. The first-order valence-corrected chi connectivity index (χ1v) is 8.04. The molecule has 2 rings (SSSR count). The molecule has 2 amide bonds. The Labute approximate surface area is 122 Å². The summed E-state index contributed by atoms with van der Waals surface area (Å²) in [5.74, 6) is 0.748. The number of rotatable bonds is 5. The summed E-state index contributed by atoms with van der Waals surface area (Å²) in [6.07, 6.45) is 6.79. The SMILES string of the molecule is CCC1C(=O)NCC(=O)N1CC1(CC(C)C)CCCC1. The van der Waals surface area contributed by atoms with Crippen molar-refractivity contribution in [3.05, 3.63) is 0 Å². The van der Waals surface area contributed by atoms with Crippen LogP contribution in [0.2, 0.25) is 0 Å². The smallest absolute Gasteiger partial charge is 0.243 e. The first kappa shape index (κ1) is 15.3. The molecule has 0 bridgehead atoms. The molecule has 4 nitrogen and oxygen atoms in total. The Morgan fingerprint density at radius 1 is 1.30 bits per heavy atom. The molecular weight excluding hydrogens is 252 g/mol. The van der Waals surface area contributed by atoms with Crippen LogP contribution in [0.4, 0.5) is 0 Å². The molecule has 1 atom stereocenters. The molecule has 2 fully saturated rings. The largest absolute Gasteiger partial charge is 0.345 e. The summed E-state index contributed by atoms with van der Waals surface area (Å²) in [5, 5.41) is 2.71.